The molecule has 1 heterocycles. The lowest BCUT2D eigenvalue weighted by Crippen LogP contribution is -2.41. The van der Waals surface area contributed by atoms with Gasteiger partial charge < -0.3 is 15.0 Å². The Morgan fingerprint density at radius 2 is 1.79 bits per heavy atom. The van der Waals surface area contributed by atoms with Crippen molar-refractivity contribution in [2.24, 2.45) is 5.92 Å². The Balaban J connectivity index is 2.16. The van der Waals surface area contributed by atoms with E-state index in [2.05, 4.69) is 37.9 Å². The van der Waals surface area contributed by atoms with Gasteiger partial charge >= 0.3 is 0 Å². The Morgan fingerprint density at radius 3 is 2.37 bits per heavy atom. The van der Waals surface area contributed by atoms with Crippen LogP contribution in [-0.4, -0.2) is 49.8 Å². The van der Waals surface area contributed by atoms with Gasteiger partial charge in [-0.25, -0.2) is 0 Å². The summed E-state index contributed by atoms with van der Waals surface area (Å²) in [6.07, 6.45) is 5.25. The minimum absolute atomic E-state index is 0.0253. The molecule has 0 radical (unpaired) electrons. The van der Waals surface area contributed by atoms with Crippen molar-refractivity contribution < 1.29 is 4.74 Å². The molecule has 2 atom stereocenters. The number of nitrogens with one attached hydrogen (secondary N) is 1. The number of hydrogen-bond acceptors (Lipinski definition) is 3. The van der Waals surface area contributed by atoms with Gasteiger partial charge in [-0.2, -0.15) is 0 Å². The molecule has 1 aliphatic heterocycles. The van der Waals surface area contributed by atoms with Gasteiger partial charge in [0.15, 0.2) is 0 Å². The van der Waals surface area contributed by atoms with Crippen molar-refractivity contribution in [1.29, 1.82) is 0 Å². The van der Waals surface area contributed by atoms with E-state index < -0.39 is 0 Å². The van der Waals surface area contributed by atoms with Crippen molar-refractivity contribution >= 4 is 0 Å². The highest BCUT2D eigenvalue weighted by Crippen LogP contribution is 2.16. The largest absolute Gasteiger partial charge is 0.379 e. The lowest BCUT2D eigenvalue weighted by molar-refractivity contribution is 0.00823. The van der Waals surface area contributed by atoms with Gasteiger partial charge in [0.05, 0.1) is 5.60 Å². The third-order valence-corrected chi connectivity index (χ3v) is 4.18. The van der Waals surface area contributed by atoms with Gasteiger partial charge in [0, 0.05) is 19.7 Å². The zero-order valence-electron chi connectivity index (χ0n) is 13.7. The topological polar surface area (TPSA) is 24.5 Å². The first-order valence-corrected chi connectivity index (χ1v) is 7.94. The molecule has 0 bridgehead atoms. The van der Waals surface area contributed by atoms with E-state index in [0.717, 1.165) is 18.9 Å². The van der Waals surface area contributed by atoms with E-state index >= 15 is 0 Å². The summed E-state index contributed by atoms with van der Waals surface area (Å²) in [5, 5.41) is 3.66. The van der Waals surface area contributed by atoms with Crippen molar-refractivity contribution in [3.05, 3.63) is 0 Å². The average molecular weight is 270 g/mol. The minimum atomic E-state index is -0.0253. The lowest BCUT2D eigenvalue weighted by atomic mass is 9.99. The van der Waals surface area contributed by atoms with Gasteiger partial charge in [-0.3, -0.25) is 0 Å². The second kappa shape index (κ2) is 8.23. The van der Waals surface area contributed by atoms with Gasteiger partial charge in [-0.1, -0.05) is 13.3 Å². The van der Waals surface area contributed by atoms with E-state index in [-0.39, 0.29) is 5.60 Å². The van der Waals surface area contributed by atoms with Crippen molar-refractivity contribution in [3.63, 3.8) is 0 Å². The second-order valence-electron chi connectivity index (χ2n) is 6.94. The third-order valence-electron chi connectivity index (χ3n) is 4.18. The molecule has 0 aromatic heterocycles. The first kappa shape index (κ1) is 16.9. The molecule has 0 aliphatic carbocycles. The van der Waals surface area contributed by atoms with Crippen LogP contribution < -0.4 is 5.32 Å². The van der Waals surface area contributed by atoms with Crippen LogP contribution in [0.4, 0.5) is 0 Å². The number of nitrogens with zero attached hydrogens (tertiary/aromatic N) is 1. The van der Waals surface area contributed by atoms with E-state index in [1.165, 1.54) is 38.9 Å². The molecule has 19 heavy (non-hydrogen) atoms. The molecular formula is C16H34N2O. The smallest absolute Gasteiger partial charge is 0.0637 e. The molecule has 1 saturated heterocycles. The zero-order valence-corrected chi connectivity index (χ0v) is 13.7. The molecule has 0 spiro atoms. The average Bonchev–Trinajstić information content (AvgIpc) is 2.37. The summed E-state index contributed by atoms with van der Waals surface area (Å²) in [6, 6.07) is 0.513. The molecule has 0 amide bonds. The zero-order chi connectivity index (χ0) is 14.3. The maximum atomic E-state index is 5.49. The van der Waals surface area contributed by atoms with Crippen LogP contribution in [0.3, 0.4) is 0 Å². The Bertz CT molecular complexity index is 237. The standard InChI is InChI=1S/C16H34N2O/c1-14(13-18-9-7-6-8-10-18)12-17-15(2)11-16(3,4)19-5/h14-15,17H,6-13H2,1-5H3. The monoisotopic (exact) mass is 270 g/mol. The molecule has 0 aromatic carbocycles. The number of piperidine rings is 1. The van der Waals surface area contributed by atoms with Crippen LogP contribution in [0, 0.1) is 5.92 Å². The van der Waals surface area contributed by atoms with E-state index in [1.54, 1.807) is 7.11 Å². The first-order valence-electron chi connectivity index (χ1n) is 7.94. The van der Waals surface area contributed by atoms with E-state index in [9.17, 15) is 0 Å². The highest BCUT2D eigenvalue weighted by atomic mass is 16.5. The van der Waals surface area contributed by atoms with Crippen LogP contribution in [0.15, 0.2) is 0 Å². The minimum Gasteiger partial charge on any atom is -0.379 e. The molecule has 114 valence electrons. The highest BCUT2D eigenvalue weighted by molar-refractivity contribution is 4.76. The summed E-state index contributed by atoms with van der Waals surface area (Å²) in [4.78, 5) is 2.62. The van der Waals surface area contributed by atoms with Gasteiger partial charge in [-0.15, -0.1) is 0 Å². The molecule has 0 saturated carbocycles. The highest BCUT2D eigenvalue weighted by Gasteiger charge is 2.20. The predicted molar refractivity (Wildman–Crippen MR) is 82.6 cm³/mol. The number of likely N-dealkylation sites (tertiary alicyclic amines) is 1. The Kier molecular flexibility index (Phi) is 7.33. The first-order chi connectivity index (χ1) is 8.93. The van der Waals surface area contributed by atoms with Crippen molar-refractivity contribution in [3.8, 4) is 0 Å². The summed E-state index contributed by atoms with van der Waals surface area (Å²) < 4.78 is 5.49. The van der Waals surface area contributed by atoms with Crippen LogP contribution in [0.1, 0.15) is 53.4 Å². The summed E-state index contributed by atoms with van der Waals surface area (Å²) >= 11 is 0. The van der Waals surface area contributed by atoms with Crippen LogP contribution in [-0.2, 0) is 4.74 Å². The summed E-state index contributed by atoms with van der Waals surface area (Å²) in [7, 11) is 1.80. The van der Waals surface area contributed by atoms with Crippen molar-refractivity contribution in [1.82, 2.24) is 10.2 Å². The fraction of sp³-hybridized carbons (Fsp3) is 1.00. The van der Waals surface area contributed by atoms with Crippen LogP contribution in [0.5, 0.6) is 0 Å². The van der Waals surface area contributed by atoms with Gasteiger partial charge in [0.1, 0.15) is 0 Å². The second-order valence-corrected chi connectivity index (χ2v) is 6.94. The molecule has 0 aromatic rings. The molecular weight excluding hydrogens is 236 g/mol. The van der Waals surface area contributed by atoms with E-state index in [0.29, 0.717) is 6.04 Å². The summed E-state index contributed by atoms with van der Waals surface area (Å²) in [5.41, 5.74) is -0.0253. The van der Waals surface area contributed by atoms with Gasteiger partial charge in [-0.05, 0) is 65.6 Å². The Morgan fingerprint density at radius 1 is 1.16 bits per heavy atom. The van der Waals surface area contributed by atoms with Crippen LogP contribution in [0.2, 0.25) is 0 Å². The van der Waals surface area contributed by atoms with Crippen LogP contribution in [0.25, 0.3) is 0 Å². The fourth-order valence-electron chi connectivity index (χ4n) is 2.94. The number of rotatable bonds is 8. The molecule has 1 aliphatic rings. The maximum Gasteiger partial charge on any atom is 0.0637 e. The van der Waals surface area contributed by atoms with Gasteiger partial charge in [0.2, 0.25) is 0 Å². The predicted octanol–water partition coefficient (Wildman–Crippen LogP) is 2.90. The Labute approximate surface area is 120 Å². The summed E-state index contributed by atoms with van der Waals surface area (Å²) in [6.45, 7) is 13.9. The van der Waals surface area contributed by atoms with Crippen molar-refractivity contribution in [2.75, 3.05) is 33.3 Å². The van der Waals surface area contributed by atoms with Gasteiger partial charge in [0.25, 0.3) is 0 Å². The molecule has 2 unspecified atom stereocenters. The maximum absolute atomic E-state index is 5.49. The SMILES string of the molecule is COC(C)(C)CC(C)NCC(C)CN1CCCCC1. The molecule has 1 N–H and O–H groups in total. The van der Waals surface area contributed by atoms with Crippen molar-refractivity contribution in [2.45, 2.75) is 65.0 Å². The number of hydrogen-bond donors (Lipinski definition) is 1. The van der Waals surface area contributed by atoms with E-state index in [4.69, 9.17) is 4.74 Å². The number of ether oxygens (including phenoxy) is 1. The molecule has 3 heteroatoms. The molecule has 1 fully saturated rings. The third kappa shape index (κ3) is 7.28. The number of methoxy groups -OCH3 is 1. The fourth-order valence-corrected chi connectivity index (χ4v) is 2.94. The molecule has 1 rings (SSSR count). The normalized spacial score (nSPS) is 21.3. The van der Waals surface area contributed by atoms with Crippen LogP contribution >= 0.6 is 0 Å². The lowest BCUT2D eigenvalue weighted by Gasteiger charge is -2.31. The quantitative estimate of drug-likeness (QED) is 0.734. The van der Waals surface area contributed by atoms with E-state index in [1.807, 2.05) is 0 Å². The summed E-state index contributed by atoms with van der Waals surface area (Å²) in [5.74, 6) is 0.728. The Hall–Kier alpha value is -0.120. The molecule has 3 nitrogen and oxygen atoms in total.